The molecule has 0 spiro atoms. The second kappa shape index (κ2) is 11.4. The summed E-state index contributed by atoms with van der Waals surface area (Å²) in [7, 11) is 1.57. The minimum Gasteiger partial charge on any atom is -0.493 e. The van der Waals surface area contributed by atoms with Crippen LogP contribution in [-0.2, 0) is 11.4 Å². The Labute approximate surface area is 225 Å². The molecule has 0 atom stereocenters. The third kappa shape index (κ3) is 5.68. The third-order valence-corrected chi connectivity index (χ3v) is 7.07. The highest BCUT2D eigenvalue weighted by Gasteiger charge is 2.34. The van der Waals surface area contributed by atoms with Crippen LogP contribution in [0.4, 0.5) is 4.79 Å². The number of fused-ring (bicyclic) bond motifs is 1. The smallest absolute Gasteiger partial charge is 0.293 e. The summed E-state index contributed by atoms with van der Waals surface area (Å²) in [5, 5.41) is 1.75. The molecule has 7 heteroatoms. The predicted octanol–water partition coefficient (Wildman–Crippen LogP) is 6.85. The zero-order valence-corrected chi connectivity index (χ0v) is 22.0. The van der Waals surface area contributed by atoms with Gasteiger partial charge in [-0.25, -0.2) is 0 Å². The summed E-state index contributed by atoms with van der Waals surface area (Å²) in [5.41, 5.74) is 2.97. The Balaban J connectivity index is 1.23. The molecule has 1 aliphatic rings. The van der Waals surface area contributed by atoms with Gasteiger partial charge >= 0.3 is 0 Å². The molecule has 5 rings (SSSR count). The number of imide groups is 1. The Hall–Kier alpha value is -4.23. The van der Waals surface area contributed by atoms with Crippen molar-refractivity contribution in [3.05, 3.63) is 107 Å². The van der Waals surface area contributed by atoms with Crippen LogP contribution < -0.4 is 14.2 Å². The minimum absolute atomic E-state index is 0.167. The number of benzene rings is 4. The van der Waals surface area contributed by atoms with Gasteiger partial charge in [0.1, 0.15) is 19.0 Å². The largest absolute Gasteiger partial charge is 0.493 e. The molecule has 4 aromatic carbocycles. The number of thioether (sulfide) groups is 1. The summed E-state index contributed by atoms with van der Waals surface area (Å²) < 4.78 is 17.4. The molecule has 0 aromatic heterocycles. The number of nitrogens with zero attached hydrogens (tertiary/aromatic N) is 1. The summed E-state index contributed by atoms with van der Waals surface area (Å²) in [4.78, 5) is 27.2. The summed E-state index contributed by atoms with van der Waals surface area (Å²) in [6, 6.07) is 27.3. The molecule has 0 N–H and O–H groups in total. The number of carbonyl (C=O) groups is 2. The molecule has 192 valence electrons. The van der Waals surface area contributed by atoms with E-state index in [0.717, 1.165) is 39.4 Å². The summed E-state index contributed by atoms with van der Waals surface area (Å²) in [6.45, 7) is 2.83. The molecule has 0 aliphatic carbocycles. The van der Waals surface area contributed by atoms with Gasteiger partial charge in [-0.1, -0.05) is 72.3 Å². The van der Waals surface area contributed by atoms with Crippen LogP contribution in [-0.4, -0.2) is 36.3 Å². The fraction of sp³-hybridized carbons (Fsp3) is 0.161. The van der Waals surface area contributed by atoms with Gasteiger partial charge in [-0.05, 0) is 59.5 Å². The first kappa shape index (κ1) is 25.4. The maximum Gasteiger partial charge on any atom is 0.293 e. The lowest BCUT2D eigenvalue weighted by Crippen LogP contribution is -2.32. The van der Waals surface area contributed by atoms with E-state index in [9.17, 15) is 9.59 Å². The van der Waals surface area contributed by atoms with E-state index < -0.39 is 0 Å². The minimum atomic E-state index is -0.333. The number of aryl methyl sites for hydroxylation is 1. The number of hydrogen-bond donors (Lipinski definition) is 0. The molecule has 4 aromatic rings. The van der Waals surface area contributed by atoms with Crippen LogP contribution in [0.3, 0.4) is 0 Å². The molecule has 38 heavy (non-hydrogen) atoms. The Kier molecular flexibility index (Phi) is 7.65. The Morgan fingerprint density at radius 1 is 0.842 bits per heavy atom. The van der Waals surface area contributed by atoms with Gasteiger partial charge < -0.3 is 14.2 Å². The monoisotopic (exact) mass is 525 g/mol. The van der Waals surface area contributed by atoms with Gasteiger partial charge in [-0.15, -0.1) is 0 Å². The highest BCUT2D eigenvalue weighted by Crippen LogP contribution is 2.35. The molecular formula is C31H27NO5S. The fourth-order valence-electron chi connectivity index (χ4n) is 4.27. The van der Waals surface area contributed by atoms with E-state index in [1.807, 2.05) is 79.7 Å². The number of rotatable bonds is 9. The SMILES string of the molecule is COc1cc(/C=C2\SC(=O)N(CCOc3cccc4ccccc34)C2=O)ccc1OCc1cccc(C)c1. The van der Waals surface area contributed by atoms with Crippen molar-refractivity contribution in [2.45, 2.75) is 13.5 Å². The van der Waals surface area contributed by atoms with E-state index in [-0.39, 0.29) is 24.3 Å². The van der Waals surface area contributed by atoms with Gasteiger partial charge in [0.2, 0.25) is 0 Å². The maximum absolute atomic E-state index is 13.0. The summed E-state index contributed by atoms with van der Waals surface area (Å²) in [6.07, 6.45) is 1.70. The van der Waals surface area contributed by atoms with Crippen molar-refractivity contribution in [1.82, 2.24) is 4.90 Å². The van der Waals surface area contributed by atoms with E-state index in [1.54, 1.807) is 19.3 Å². The molecular weight excluding hydrogens is 498 g/mol. The van der Waals surface area contributed by atoms with Crippen LogP contribution in [0.5, 0.6) is 17.2 Å². The van der Waals surface area contributed by atoms with Gasteiger partial charge in [0.15, 0.2) is 11.5 Å². The Morgan fingerprint density at radius 3 is 2.50 bits per heavy atom. The van der Waals surface area contributed by atoms with Gasteiger partial charge in [0.25, 0.3) is 11.1 Å². The normalized spacial score (nSPS) is 14.4. The van der Waals surface area contributed by atoms with Crippen LogP contribution in [0.15, 0.2) is 89.8 Å². The second-order valence-corrected chi connectivity index (χ2v) is 9.84. The second-order valence-electron chi connectivity index (χ2n) is 8.85. The predicted molar refractivity (Wildman–Crippen MR) is 151 cm³/mol. The molecule has 1 fully saturated rings. The lowest BCUT2D eigenvalue weighted by Gasteiger charge is -2.14. The van der Waals surface area contributed by atoms with E-state index in [2.05, 4.69) is 6.07 Å². The highest BCUT2D eigenvalue weighted by atomic mass is 32.2. The summed E-state index contributed by atoms with van der Waals surface area (Å²) in [5.74, 6) is 1.54. The van der Waals surface area contributed by atoms with Crippen LogP contribution in [0.25, 0.3) is 16.8 Å². The van der Waals surface area contributed by atoms with Crippen molar-refractivity contribution < 1.29 is 23.8 Å². The number of ether oxygens (including phenoxy) is 3. The average Bonchev–Trinajstić information content (AvgIpc) is 3.19. The molecule has 1 saturated heterocycles. The van der Waals surface area contributed by atoms with E-state index >= 15 is 0 Å². The first-order valence-electron chi connectivity index (χ1n) is 12.2. The molecule has 1 aliphatic heterocycles. The zero-order chi connectivity index (χ0) is 26.5. The van der Waals surface area contributed by atoms with Crippen molar-refractivity contribution in [2.24, 2.45) is 0 Å². The van der Waals surface area contributed by atoms with E-state index in [4.69, 9.17) is 14.2 Å². The van der Waals surface area contributed by atoms with E-state index in [1.165, 1.54) is 10.5 Å². The molecule has 1 heterocycles. The molecule has 0 saturated carbocycles. The van der Waals surface area contributed by atoms with Crippen molar-refractivity contribution in [2.75, 3.05) is 20.3 Å². The highest BCUT2D eigenvalue weighted by molar-refractivity contribution is 8.18. The topological polar surface area (TPSA) is 65.1 Å². The van der Waals surface area contributed by atoms with Crippen LogP contribution in [0.1, 0.15) is 16.7 Å². The third-order valence-electron chi connectivity index (χ3n) is 6.16. The Morgan fingerprint density at radius 2 is 1.66 bits per heavy atom. The van der Waals surface area contributed by atoms with Crippen molar-refractivity contribution in [1.29, 1.82) is 0 Å². The van der Waals surface area contributed by atoms with Crippen LogP contribution in [0.2, 0.25) is 0 Å². The number of amides is 2. The van der Waals surface area contributed by atoms with Gasteiger partial charge in [0.05, 0.1) is 18.6 Å². The number of hydrogen-bond acceptors (Lipinski definition) is 6. The Bertz CT molecular complexity index is 1520. The number of carbonyl (C=O) groups excluding carboxylic acids is 2. The van der Waals surface area contributed by atoms with E-state index in [0.29, 0.717) is 23.0 Å². The standard InChI is InChI=1S/C31H27NO5S/c1-21-7-5-8-23(17-21)20-37-27-14-13-22(18-28(27)35-2)19-29-30(33)32(31(34)38-29)15-16-36-26-12-6-10-24-9-3-4-11-25(24)26/h3-14,17-19H,15-16,20H2,1-2H3/b29-19-. The molecule has 0 unspecified atom stereocenters. The van der Waals surface area contributed by atoms with Crippen molar-refractivity contribution in [3.63, 3.8) is 0 Å². The molecule has 0 bridgehead atoms. The van der Waals surface area contributed by atoms with Crippen LogP contribution >= 0.6 is 11.8 Å². The lowest BCUT2D eigenvalue weighted by atomic mass is 10.1. The average molecular weight is 526 g/mol. The van der Waals surface area contributed by atoms with Gasteiger partial charge in [-0.3, -0.25) is 14.5 Å². The fourth-order valence-corrected chi connectivity index (χ4v) is 5.13. The first-order valence-corrected chi connectivity index (χ1v) is 13.1. The van der Waals surface area contributed by atoms with Crippen LogP contribution in [0, 0.1) is 6.92 Å². The molecule has 6 nitrogen and oxygen atoms in total. The number of methoxy groups -OCH3 is 1. The van der Waals surface area contributed by atoms with Gasteiger partial charge in [-0.2, -0.15) is 0 Å². The van der Waals surface area contributed by atoms with Crippen molar-refractivity contribution in [3.8, 4) is 17.2 Å². The first-order chi connectivity index (χ1) is 18.5. The lowest BCUT2D eigenvalue weighted by molar-refractivity contribution is -0.123. The zero-order valence-electron chi connectivity index (χ0n) is 21.2. The molecule has 0 radical (unpaired) electrons. The van der Waals surface area contributed by atoms with Crippen molar-refractivity contribution >= 4 is 39.8 Å². The maximum atomic E-state index is 13.0. The van der Waals surface area contributed by atoms with Gasteiger partial charge in [0, 0.05) is 5.39 Å². The summed E-state index contributed by atoms with van der Waals surface area (Å²) >= 11 is 0.923. The molecule has 2 amide bonds. The quantitative estimate of drug-likeness (QED) is 0.223.